The van der Waals surface area contributed by atoms with Crippen LogP contribution in [0.15, 0.2) is 61.1 Å². The number of nitrogens with zero attached hydrogens (tertiary/aromatic N) is 3. The molecule has 0 aliphatic heterocycles. The fourth-order valence-electron chi connectivity index (χ4n) is 3.28. The molecule has 3 N–H and O–H groups in total. The summed E-state index contributed by atoms with van der Waals surface area (Å²) in [4.78, 5) is 8.90. The summed E-state index contributed by atoms with van der Waals surface area (Å²) in [6.07, 6.45) is 3.48. The van der Waals surface area contributed by atoms with E-state index in [1.807, 2.05) is 66.2 Å². The van der Waals surface area contributed by atoms with E-state index < -0.39 is 6.04 Å². The van der Waals surface area contributed by atoms with Gasteiger partial charge in [0, 0.05) is 22.5 Å². The highest BCUT2D eigenvalue weighted by atomic mass is 35.5. The molecule has 0 aliphatic carbocycles. The van der Waals surface area contributed by atoms with Crippen molar-refractivity contribution in [2.45, 2.75) is 13.0 Å². The van der Waals surface area contributed by atoms with Gasteiger partial charge in [-0.3, -0.25) is 0 Å². The second kappa shape index (κ2) is 8.21. The molecule has 148 valence electrons. The Bertz CT molecular complexity index is 1140. The van der Waals surface area contributed by atoms with Gasteiger partial charge < -0.3 is 20.1 Å². The van der Waals surface area contributed by atoms with Crippen molar-refractivity contribution in [2.24, 2.45) is 0 Å². The molecule has 0 unspecified atom stereocenters. The van der Waals surface area contributed by atoms with Gasteiger partial charge in [0.2, 0.25) is 0 Å². The first-order valence-electron chi connectivity index (χ1n) is 9.28. The van der Waals surface area contributed by atoms with E-state index in [9.17, 15) is 10.2 Å². The first kappa shape index (κ1) is 19.4. The van der Waals surface area contributed by atoms with Crippen LogP contribution in [0, 0.1) is 6.92 Å². The van der Waals surface area contributed by atoms with Gasteiger partial charge in [0.1, 0.15) is 12.1 Å². The quantitative estimate of drug-likeness (QED) is 0.452. The lowest BCUT2D eigenvalue weighted by Crippen LogP contribution is -2.28. The summed E-state index contributed by atoms with van der Waals surface area (Å²) in [5.74, 6) is 0.555. The highest BCUT2D eigenvalue weighted by molar-refractivity contribution is 6.31. The van der Waals surface area contributed by atoms with Crippen LogP contribution < -0.4 is 5.32 Å². The van der Waals surface area contributed by atoms with Crippen molar-refractivity contribution in [3.63, 3.8) is 0 Å². The molecule has 2 heterocycles. The van der Waals surface area contributed by atoms with Crippen LogP contribution in [-0.4, -0.2) is 44.0 Å². The maximum Gasteiger partial charge on any atom is 0.150 e. The highest BCUT2D eigenvalue weighted by Crippen LogP contribution is 2.36. The lowest BCUT2D eigenvalue weighted by molar-refractivity contribution is 0.203. The van der Waals surface area contributed by atoms with Gasteiger partial charge in [0.05, 0.1) is 24.6 Å². The number of aliphatic hydroxyl groups excluding tert-OH is 2. The lowest BCUT2D eigenvalue weighted by atomic mass is 10.1. The van der Waals surface area contributed by atoms with Crippen molar-refractivity contribution in [3.05, 3.63) is 71.6 Å². The predicted octanol–water partition coefficient (Wildman–Crippen LogP) is 3.81. The van der Waals surface area contributed by atoms with Crippen molar-refractivity contribution in [3.8, 4) is 16.8 Å². The van der Waals surface area contributed by atoms with Gasteiger partial charge in [-0.05, 0) is 30.2 Å². The Balaban J connectivity index is 1.97. The Morgan fingerprint density at radius 2 is 1.83 bits per heavy atom. The summed E-state index contributed by atoms with van der Waals surface area (Å²) < 4.78 is 1.97. The van der Waals surface area contributed by atoms with E-state index in [4.69, 9.17) is 11.6 Å². The SMILES string of the molecule is Cc1ccc(-n2cc(-c3ccccc3)c3c(NC(CO)CO)ncnc32)cc1Cl. The standard InChI is InChI=1S/C22H21ClN4O2/c1-14-7-8-17(9-19(14)23)27-10-18(15-5-3-2-4-6-15)20-21(24-13-25-22(20)27)26-16(11-28)12-29/h2-10,13,16,28-29H,11-12H2,1H3,(H,24,25,26). The summed E-state index contributed by atoms with van der Waals surface area (Å²) >= 11 is 6.36. The fraction of sp³-hybridized carbons (Fsp3) is 0.182. The first-order valence-corrected chi connectivity index (χ1v) is 9.66. The molecular formula is C22H21ClN4O2. The van der Waals surface area contributed by atoms with Crippen molar-refractivity contribution in [2.75, 3.05) is 18.5 Å². The minimum atomic E-state index is -0.520. The monoisotopic (exact) mass is 408 g/mol. The van der Waals surface area contributed by atoms with Gasteiger partial charge in [-0.15, -0.1) is 0 Å². The number of nitrogens with one attached hydrogen (secondary N) is 1. The van der Waals surface area contributed by atoms with E-state index in [0.717, 1.165) is 27.8 Å². The van der Waals surface area contributed by atoms with Crippen LogP contribution in [0.3, 0.4) is 0 Å². The molecule has 2 aromatic carbocycles. The number of hydrogen-bond donors (Lipinski definition) is 3. The van der Waals surface area contributed by atoms with Crippen molar-refractivity contribution in [1.82, 2.24) is 14.5 Å². The molecule has 29 heavy (non-hydrogen) atoms. The van der Waals surface area contributed by atoms with E-state index in [2.05, 4.69) is 15.3 Å². The zero-order valence-corrected chi connectivity index (χ0v) is 16.6. The van der Waals surface area contributed by atoms with E-state index in [1.54, 1.807) is 0 Å². The molecule has 0 amide bonds. The van der Waals surface area contributed by atoms with E-state index in [1.165, 1.54) is 6.33 Å². The zero-order chi connectivity index (χ0) is 20.4. The maximum absolute atomic E-state index is 9.50. The Labute approximate surface area is 173 Å². The number of fused-ring (bicyclic) bond motifs is 1. The third-order valence-corrected chi connectivity index (χ3v) is 5.29. The molecule has 4 rings (SSSR count). The minimum absolute atomic E-state index is 0.211. The molecule has 0 aliphatic rings. The average molecular weight is 409 g/mol. The van der Waals surface area contributed by atoms with Crippen LogP contribution in [0.1, 0.15) is 5.56 Å². The molecule has 6 nitrogen and oxygen atoms in total. The molecule has 0 radical (unpaired) electrons. The Hall–Kier alpha value is -2.93. The van der Waals surface area contributed by atoms with Crippen LogP contribution in [0.25, 0.3) is 27.8 Å². The van der Waals surface area contributed by atoms with Gasteiger partial charge in [-0.1, -0.05) is 48.0 Å². The molecule has 0 atom stereocenters. The molecule has 0 saturated heterocycles. The van der Waals surface area contributed by atoms with Gasteiger partial charge in [-0.25, -0.2) is 9.97 Å². The maximum atomic E-state index is 9.50. The number of rotatable bonds is 6. The second-order valence-corrected chi connectivity index (χ2v) is 7.25. The van der Waals surface area contributed by atoms with Crippen LogP contribution >= 0.6 is 11.6 Å². The van der Waals surface area contributed by atoms with Crippen molar-refractivity contribution in [1.29, 1.82) is 0 Å². The van der Waals surface area contributed by atoms with Crippen LogP contribution in [0.5, 0.6) is 0 Å². The number of benzene rings is 2. The summed E-state index contributed by atoms with van der Waals surface area (Å²) in [7, 11) is 0. The van der Waals surface area contributed by atoms with Crippen molar-refractivity contribution >= 4 is 28.5 Å². The second-order valence-electron chi connectivity index (χ2n) is 6.84. The molecular weight excluding hydrogens is 388 g/mol. The third kappa shape index (κ3) is 3.70. The van der Waals surface area contributed by atoms with Gasteiger partial charge in [-0.2, -0.15) is 0 Å². The first-order chi connectivity index (χ1) is 14.1. The smallest absolute Gasteiger partial charge is 0.150 e. The molecule has 7 heteroatoms. The number of aromatic nitrogens is 3. The molecule has 0 saturated carbocycles. The number of aliphatic hydroxyl groups is 2. The van der Waals surface area contributed by atoms with Gasteiger partial charge >= 0.3 is 0 Å². The van der Waals surface area contributed by atoms with Gasteiger partial charge in [0.15, 0.2) is 5.65 Å². The van der Waals surface area contributed by atoms with Crippen LogP contribution in [0.2, 0.25) is 5.02 Å². The summed E-state index contributed by atoms with van der Waals surface area (Å²) in [6, 6.07) is 15.3. The number of hydrogen-bond acceptors (Lipinski definition) is 5. The van der Waals surface area contributed by atoms with Crippen molar-refractivity contribution < 1.29 is 10.2 Å². The molecule has 0 bridgehead atoms. The van der Waals surface area contributed by atoms with E-state index >= 15 is 0 Å². The summed E-state index contributed by atoms with van der Waals surface area (Å²) in [6.45, 7) is 1.54. The van der Waals surface area contributed by atoms with Crippen LogP contribution in [-0.2, 0) is 0 Å². The highest BCUT2D eigenvalue weighted by Gasteiger charge is 2.19. The predicted molar refractivity (Wildman–Crippen MR) is 116 cm³/mol. The third-order valence-electron chi connectivity index (χ3n) is 4.88. The molecule has 0 spiro atoms. The zero-order valence-electron chi connectivity index (χ0n) is 15.9. The molecule has 4 aromatic rings. The topological polar surface area (TPSA) is 83.2 Å². The normalized spacial score (nSPS) is 11.3. The van der Waals surface area contributed by atoms with Gasteiger partial charge in [0.25, 0.3) is 0 Å². The summed E-state index contributed by atoms with van der Waals surface area (Å²) in [5, 5.41) is 23.6. The number of anilines is 1. The number of aryl methyl sites for hydroxylation is 1. The van der Waals surface area contributed by atoms with E-state index in [-0.39, 0.29) is 13.2 Å². The Morgan fingerprint density at radius 3 is 2.52 bits per heavy atom. The summed E-state index contributed by atoms with van der Waals surface area (Å²) in [5.41, 5.74) is 4.54. The average Bonchev–Trinajstić information content (AvgIpc) is 3.15. The molecule has 2 aromatic heterocycles. The number of halogens is 1. The minimum Gasteiger partial charge on any atom is -0.394 e. The fourth-order valence-corrected chi connectivity index (χ4v) is 3.45. The largest absolute Gasteiger partial charge is 0.394 e. The van der Waals surface area contributed by atoms with E-state index in [0.29, 0.717) is 16.5 Å². The Kier molecular flexibility index (Phi) is 5.49. The lowest BCUT2D eigenvalue weighted by Gasteiger charge is -2.15. The van der Waals surface area contributed by atoms with Crippen LogP contribution in [0.4, 0.5) is 5.82 Å². The molecule has 0 fully saturated rings. The Morgan fingerprint density at radius 1 is 1.07 bits per heavy atom.